The van der Waals surface area contributed by atoms with Gasteiger partial charge in [0.05, 0.1) is 41.5 Å². The third-order valence-electron chi connectivity index (χ3n) is 12.0. The summed E-state index contributed by atoms with van der Waals surface area (Å²) in [6, 6.07) is 4.69. The number of ether oxygens (including phenoxy) is 1. The van der Waals surface area contributed by atoms with Gasteiger partial charge in [0, 0.05) is 21.6 Å². The van der Waals surface area contributed by atoms with E-state index in [1.807, 2.05) is 46.1 Å². The first-order valence-electron chi connectivity index (χ1n) is 19.4. The molecule has 2 rings (SSSR count). The summed E-state index contributed by atoms with van der Waals surface area (Å²) in [6.07, 6.45) is 0.938. The Kier molecular flexibility index (Phi) is 18.3. The molecule has 1 N–H and O–H groups in total. The lowest BCUT2D eigenvalue weighted by atomic mass is 9.73. The number of aryl methyl sites for hydroxylation is 1. The number of nitrogens with zero attached hydrogens (tertiary/aromatic N) is 4. The maximum atomic E-state index is 14.9. The van der Waals surface area contributed by atoms with Crippen molar-refractivity contribution in [2.24, 2.45) is 22.4 Å². The van der Waals surface area contributed by atoms with Crippen molar-refractivity contribution in [1.82, 2.24) is 4.98 Å². The van der Waals surface area contributed by atoms with Gasteiger partial charge >= 0.3 is 5.97 Å². The van der Waals surface area contributed by atoms with Gasteiger partial charge in [-0.15, -0.1) is 11.3 Å². The first kappa shape index (κ1) is 45.3. The van der Waals surface area contributed by atoms with E-state index in [9.17, 15) is 20.2 Å². The van der Waals surface area contributed by atoms with Gasteiger partial charge in [-0.2, -0.15) is 0 Å². The summed E-state index contributed by atoms with van der Waals surface area (Å²) in [5, 5.41) is 18.3. The first-order valence-corrected chi connectivity index (χ1v) is 25.4. The molecule has 1 aromatic heterocycles. The summed E-state index contributed by atoms with van der Waals surface area (Å²) in [7, 11) is -4.41. The molecule has 0 aromatic carbocycles. The fourth-order valence-corrected chi connectivity index (χ4v) is 14.2. The predicted molar refractivity (Wildman–Crippen MR) is 214 cm³/mol. The van der Waals surface area contributed by atoms with Crippen molar-refractivity contribution in [3.05, 3.63) is 32.1 Å². The van der Waals surface area contributed by atoms with Crippen LogP contribution in [-0.4, -0.2) is 68.9 Å². The zero-order valence-electron chi connectivity index (χ0n) is 33.7. The zero-order chi connectivity index (χ0) is 38.6. The molecule has 1 unspecified atom stereocenters. The molecule has 7 atom stereocenters. The number of azide groups is 1. The number of carbonyl (C=O) groups is 2. The van der Waals surface area contributed by atoms with Crippen molar-refractivity contribution in [1.29, 1.82) is 0 Å². The number of hydrogen-bond donors (Lipinski definition) is 1. The van der Waals surface area contributed by atoms with Crippen LogP contribution in [0.3, 0.4) is 0 Å². The molecule has 0 bridgehead atoms. The maximum absolute atomic E-state index is 14.9. The average molecular weight is 765 g/mol. The minimum atomic E-state index is -2.29. The number of hydrogen-bond acceptors (Lipinski definition) is 9. The summed E-state index contributed by atoms with van der Waals surface area (Å²) in [5.41, 5.74) is 10.00. The Morgan fingerprint density at radius 3 is 2.14 bits per heavy atom. The molecule has 13 heteroatoms. The van der Waals surface area contributed by atoms with E-state index in [0.29, 0.717) is 12.8 Å². The number of aromatic nitrogens is 1. The third kappa shape index (κ3) is 12.1. The Labute approximate surface area is 314 Å². The number of esters is 1. The van der Waals surface area contributed by atoms with Crippen LogP contribution in [0.4, 0.5) is 0 Å². The van der Waals surface area contributed by atoms with E-state index in [0.717, 1.165) is 59.0 Å². The lowest BCUT2D eigenvalue weighted by Gasteiger charge is -2.44. The monoisotopic (exact) mass is 764 g/mol. The highest BCUT2D eigenvalue weighted by Gasteiger charge is 2.48. The summed E-state index contributed by atoms with van der Waals surface area (Å²) >= 11 is 1.53. The Hall–Kier alpha value is -1.87. The number of thiazole rings is 1. The smallest absolute Gasteiger partial charge is 0.309 e. The number of carbonyl (C=O) groups excluding carboxylic acids is 2. The van der Waals surface area contributed by atoms with Gasteiger partial charge in [-0.3, -0.25) is 9.59 Å². The van der Waals surface area contributed by atoms with Crippen molar-refractivity contribution < 1.29 is 28.3 Å². The maximum Gasteiger partial charge on any atom is 0.309 e. The molecule has 0 amide bonds. The lowest BCUT2D eigenvalue weighted by Crippen LogP contribution is -2.53. The highest BCUT2D eigenvalue weighted by Crippen LogP contribution is 2.40. The van der Waals surface area contributed by atoms with Crippen molar-refractivity contribution in [2.45, 2.75) is 182 Å². The van der Waals surface area contributed by atoms with E-state index >= 15 is 0 Å². The fraction of sp³-hybridized carbons (Fsp3) is 0.816. The van der Waals surface area contributed by atoms with Crippen molar-refractivity contribution in [3.63, 3.8) is 0 Å². The van der Waals surface area contributed by atoms with E-state index in [-0.39, 0.29) is 30.6 Å². The molecule has 290 valence electrons. The number of ketones is 1. The summed E-state index contributed by atoms with van der Waals surface area (Å²) in [5.74, 6) is -0.864. The molecule has 1 saturated heterocycles. The Morgan fingerprint density at radius 2 is 1.63 bits per heavy atom. The molecule has 1 aliphatic heterocycles. The molecule has 0 aliphatic carbocycles. The molecule has 10 nitrogen and oxygen atoms in total. The van der Waals surface area contributed by atoms with E-state index in [4.69, 9.17) is 13.6 Å². The van der Waals surface area contributed by atoms with Crippen LogP contribution >= 0.6 is 11.3 Å². The van der Waals surface area contributed by atoms with Crippen LogP contribution in [-0.2, 0) is 23.2 Å². The van der Waals surface area contributed by atoms with E-state index in [1.54, 1.807) is 0 Å². The van der Waals surface area contributed by atoms with Crippen LogP contribution in [0.2, 0.25) is 36.3 Å². The van der Waals surface area contributed by atoms with Crippen LogP contribution in [0.5, 0.6) is 0 Å². The second kappa shape index (κ2) is 20.6. The molecule has 0 spiro atoms. The van der Waals surface area contributed by atoms with Crippen LogP contribution in [0.15, 0.2) is 16.1 Å². The quantitative estimate of drug-likeness (QED) is 0.0692. The molecule has 2 heterocycles. The molecule has 51 heavy (non-hydrogen) atoms. The lowest BCUT2D eigenvalue weighted by molar-refractivity contribution is -0.154. The number of aliphatic hydroxyl groups is 1. The van der Waals surface area contributed by atoms with Crippen molar-refractivity contribution in [2.75, 3.05) is 0 Å². The average Bonchev–Trinajstić information content (AvgIpc) is 3.53. The molecule has 0 saturated carbocycles. The number of aliphatic hydroxyl groups excluding tert-OH is 1. The number of rotatable bonds is 13. The van der Waals surface area contributed by atoms with Gasteiger partial charge in [0.1, 0.15) is 11.9 Å². The predicted octanol–water partition coefficient (Wildman–Crippen LogP) is 10.4. The summed E-state index contributed by atoms with van der Waals surface area (Å²) in [4.78, 5) is 36.7. The number of Topliss-reactive ketones (excluding diaryl/α,β-unsaturated/α-hetero) is 1. The van der Waals surface area contributed by atoms with Crippen molar-refractivity contribution in [3.8, 4) is 0 Å². The summed E-state index contributed by atoms with van der Waals surface area (Å²) < 4.78 is 20.5. The van der Waals surface area contributed by atoms with Gasteiger partial charge in [-0.1, -0.05) is 80.8 Å². The minimum absolute atomic E-state index is 0.0357. The van der Waals surface area contributed by atoms with Gasteiger partial charge in [0.15, 0.2) is 16.6 Å². The fourth-order valence-electron chi connectivity index (χ4n) is 7.67. The van der Waals surface area contributed by atoms with E-state index < -0.39 is 58.3 Å². The Bertz CT molecular complexity index is 1320. The van der Waals surface area contributed by atoms with Gasteiger partial charge in [0.2, 0.25) is 0 Å². The van der Waals surface area contributed by atoms with Gasteiger partial charge in [0.25, 0.3) is 0 Å². The second-order valence-electron chi connectivity index (χ2n) is 15.4. The second-order valence-corrected chi connectivity index (χ2v) is 25.9. The molecule has 1 fully saturated rings. The topological polar surface area (TPSA) is 144 Å². The standard InChI is InChI=1S/C38H68N4O6SSi2/c1-13-50(14-2,15-3)47-34-24-35(44)46-33(27(8)22-30-25-49-29(10)40-30)23-31(41-42-39)32(43)21-19-20-26(7)36(28(9)37(45)38(34,11)12)48-51(16-4,17-5)18-6/h22,25-26,28,31-34,36,43H,13-21,23-24H2,1-12H3/b27-22+/t26-,28+,31-,32+,33?,34-,36+/m0/s1. The van der Waals surface area contributed by atoms with Gasteiger partial charge in [-0.25, -0.2) is 4.98 Å². The first-order chi connectivity index (χ1) is 24.0. The molecule has 1 aliphatic rings. The zero-order valence-corrected chi connectivity index (χ0v) is 36.5. The van der Waals surface area contributed by atoms with Crippen molar-refractivity contribution >= 4 is 45.8 Å². The van der Waals surface area contributed by atoms with Gasteiger partial charge < -0.3 is 18.7 Å². The van der Waals surface area contributed by atoms with Crippen LogP contribution in [0, 0.1) is 24.2 Å². The highest BCUT2D eigenvalue weighted by atomic mass is 32.1. The summed E-state index contributed by atoms with van der Waals surface area (Å²) in [6.45, 7) is 24.8. The molecule has 1 aromatic rings. The SMILES string of the molecule is CC[Si](CC)(CC)O[C@@H]1[C@@H](C)CCC[C@@H](O)[C@@H](N=[N+]=[N-])CC(/C(C)=C/c2csc(C)n2)OC(=O)C[C@H](O[Si](CC)(CC)CC)C(C)(C)C(=O)[C@@H]1C. The largest absolute Gasteiger partial charge is 0.458 e. The van der Waals surface area contributed by atoms with Crippen LogP contribution in [0.25, 0.3) is 16.5 Å². The Balaban J connectivity index is 2.74. The van der Waals surface area contributed by atoms with Crippen LogP contribution in [0.1, 0.15) is 119 Å². The number of cyclic esters (lactones) is 1. The van der Waals surface area contributed by atoms with E-state index in [1.165, 1.54) is 11.3 Å². The molecular formula is C38H68N4O6SSi2. The Morgan fingerprint density at radius 1 is 1.06 bits per heavy atom. The third-order valence-corrected chi connectivity index (χ3v) is 22.0. The minimum Gasteiger partial charge on any atom is -0.458 e. The normalized spacial score (nSPS) is 27.9. The van der Waals surface area contributed by atoms with Gasteiger partial charge in [-0.05, 0) is 92.5 Å². The highest BCUT2D eigenvalue weighted by molar-refractivity contribution is 7.09. The van der Waals surface area contributed by atoms with E-state index in [2.05, 4.69) is 63.5 Å². The van der Waals surface area contributed by atoms with Crippen LogP contribution < -0.4 is 0 Å². The molecule has 0 radical (unpaired) electrons. The molecular weight excluding hydrogens is 697 g/mol.